The van der Waals surface area contributed by atoms with Crippen LogP contribution in [0.4, 0.5) is 27.5 Å². The topological polar surface area (TPSA) is 96.5 Å². The Morgan fingerprint density at radius 1 is 1.03 bits per heavy atom. The van der Waals surface area contributed by atoms with Crippen molar-refractivity contribution in [2.24, 2.45) is 0 Å². The zero-order chi connectivity index (χ0) is 22.6. The molecule has 1 aliphatic heterocycles. The number of nitrogens with one attached hydrogen (secondary N) is 2. The van der Waals surface area contributed by atoms with E-state index in [0.717, 1.165) is 24.5 Å². The summed E-state index contributed by atoms with van der Waals surface area (Å²) in [5.74, 6) is 0.524. The molecule has 0 unspecified atom stereocenters. The van der Waals surface area contributed by atoms with Crippen molar-refractivity contribution in [3.05, 3.63) is 71.7 Å². The van der Waals surface area contributed by atoms with Crippen LogP contribution in [0.2, 0.25) is 0 Å². The van der Waals surface area contributed by atoms with Crippen molar-refractivity contribution in [2.45, 2.75) is 12.7 Å². The van der Waals surface area contributed by atoms with Crippen molar-refractivity contribution in [2.75, 3.05) is 41.2 Å². The number of morpholine rings is 1. The average molecular weight is 458 g/mol. The van der Waals surface area contributed by atoms with E-state index in [4.69, 9.17) is 4.74 Å². The monoisotopic (exact) mass is 457 g/mol. The van der Waals surface area contributed by atoms with E-state index in [-0.39, 0.29) is 5.75 Å². The number of ether oxygens (including phenoxy) is 1. The van der Waals surface area contributed by atoms with E-state index in [1.54, 1.807) is 30.3 Å². The summed E-state index contributed by atoms with van der Waals surface area (Å²) >= 11 is 0. The molecule has 1 aromatic heterocycles. The smallest absolute Gasteiger partial charge is 0.236 e. The molecule has 1 aliphatic rings. The van der Waals surface area contributed by atoms with Crippen molar-refractivity contribution in [3.63, 3.8) is 0 Å². The molecular formula is C22H24FN5O3S. The maximum Gasteiger partial charge on any atom is 0.236 e. The summed E-state index contributed by atoms with van der Waals surface area (Å²) < 4.78 is 46.0. The highest BCUT2D eigenvalue weighted by Crippen LogP contribution is 2.22. The van der Waals surface area contributed by atoms with Crippen molar-refractivity contribution < 1.29 is 17.5 Å². The van der Waals surface area contributed by atoms with Gasteiger partial charge in [-0.25, -0.2) is 17.8 Å². The molecule has 32 heavy (non-hydrogen) atoms. The normalized spacial score (nSPS) is 14.2. The Bertz CT molecular complexity index is 1180. The van der Waals surface area contributed by atoms with Crippen molar-refractivity contribution >= 4 is 33.2 Å². The predicted octanol–water partition coefficient (Wildman–Crippen LogP) is 3.45. The van der Waals surface area contributed by atoms with E-state index in [1.807, 2.05) is 13.0 Å². The molecule has 2 heterocycles. The maximum absolute atomic E-state index is 13.3. The Kier molecular flexibility index (Phi) is 6.52. The van der Waals surface area contributed by atoms with Gasteiger partial charge in [-0.05, 0) is 48.9 Å². The molecule has 0 bridgehead atoms. The van der Waals surface area contributed by atoms with Gasteiger partial charge in [0.2, 0.25) is 16.0 Å². The second-order valence-electron chi connectivity index (χ2n) is 7.49. The summed E-state index contributed by atoms with van der Waals surface area (Å²) in [6, 6.07) is 14.2. The Morgan fingerprint density at radius 3 is 2.47 bits per heavy atom. The number of aryl methyl sites for hydroxylation is 1. The number of hydrogen-bond acceptors (Lipinski definition) is 7. The Balaban J connectivity index is 1.42. The lowest BCUT2D eigenvalue weighted by Gasteiger charge is -2.27. The number of aromatic nitrogens is 2. The van der Waals surface area contributed by atoms with Crippen LogP contribution < -0.4 is 14.9 Å². The van der Waals surface area contributed by atoms with E-state index < -0.39 is 15.8 Å². The highest BCUT2D eigenvalue weighted by Gasteiger charge is 2.15. The van der Waals surface area contributed by atoms with Gasteiger partial charge in [0.05, 0.1) is 19.0 Å². The van der Waals surface area contributed by atoms with Gasteiger partial charge < -0.3 is 15.0 Å². The third-order valence-corrected chi connectivity index (χ3v) is 6.07. The lowest BCUT2D eigenvalue weighted by atomic mass is 10.2. The first-order valence-electron chi connectivity index (χ1n) is 10.2. The quantitative estimate of drug-likeness (QED) is 0.561. The van der Waals surface area contributed by atoms with Crippen LogP contribution in [0.25, 0.3) is 0 Å². The van der Waals surface area contributed by atoms with Crippen molar-refractivity contribution in [1.29, 1.82) is 0 Å². The summed E-state index contributed by atoms with van der Waals surface area (Å²) in [5.41, 5.74) is 2.39. The highest BCUT2D eigenvalue weighted by atomic mass is 32.2. The van der Waals surface area contributed by atoms with Crippen LogP contribution in [0, 0.1) is 12.7 Å². The maximum atomic E-state index is 13.3. The first-order valence-corrected chi connectivity index (χ1v) is 11.8. The minimum atomic E-state index is -3.67. The van der Waals surface area contributed by atoms with Crippen LogP contribution in [0.1, 0.15) is 11.3 Å². The van der Waals surface area contributed by atoms with Gasteiger partial charge in [-0.15, -0.1) is 0 Å². The second kappa shape index (κ2) is 9.49. The molecule has 2 aromatic carbocycles. The molecule has 0 atom stereocenters. The summed E-state index contributed by atoms with van der Waals surface area (Å²) in [5, 5.41) is 3.23. The fraction of sp³-hybridized carbons (Fsp3) is 0.273. The summed E-state index contributed by atoms with van der Waals surface area (Å²) in [4.78, 5) is 11.2. The SMILES string of the molecule is Cc1cc(Nc2ccc(NS(=O)(=O)Cc3cccc(F)c3)cc2)nc(N2CCOCC2)n1. The summed E-state index contributed by atoms with van der Waals surface area (Å²) in [7, 11) is -3.67. The van der Waals surface area contributed by atoms with Gasteiger partial charge in [0.25, 0.3) is 0 Å². The van der Waals surface area contributed by atoms with Gasteiger partial charge >= 0.3 is 0 Å². The number of benzene rings is 2. The number of nitrogens with zero attached hydrogens (tertiary/aromatic N) is 3. The number of anilines is 4. The van der Waals surface area contributed by atoms with Gasteiger partial charge in [0.15, 0.2) is 0 Å². The highest BCUT2D eigenvalue weighted by molar-refractivity contribution is 7.91. The van der Waals surface area contributed by atoms with Gasteiger partial charge in [-0.1, -0.05) is 12.1 Å². The molecular weight excluding hydrogens is 433 g/mol. The van der Waals surface area contributed by atoms with Crippen LogP contribution in [0.3, 0.4) is 0 Å². The van der Waals surface area contributed by atoms with E-state index in [2.05, 4.69) is 24.9 Å². The molecule has 0 saturated carbocycles. The zero-order valence-corrected chi connectivity index (χ0v) is 18.4. The van der Waals surface area contributed by atoms with E-state index in [0.29, 0.717) is 36.2 Å². The fourth-order valence-corrected chi connectivity index (χ4v) is 4.54. The first kappa shape index (κ1) is 22.0. The van der Waals surface area contributed by atoms with Gasteiger partial charge in [0.1, 0.15) is 11.6 Å². The molecule has 0 aliphatic carbocycles. The number of hydrogen-bond donors (Lipinski definition) is 2. The molecule has 8 nitrogen and oxygen atoms in total. The van der Waals surface area contributed by atoms with Gasteiger partial charge in [0, 0.05) is 36.2 Å². The largest absolute Gasteiger partial charge is 0.378 e. The molecule has 1 saturated heterocycles. The molecule has 0 amide bonds. The van der Waals surface area contributed by atoms with Crippen LogP contribution in [-0.2, 0) is 20.5 Å². The average Bonchev–Trinajstić information content (AvgIpc) is 2.75. The van der Waals surface area contributed by atoms with E-state index >= 15 is 0 Å². The number of halogens is 1. The van der Waals surface area contributed by atoms with Gasteiger partial charge in [-0.2, -0.15) is 4.98 Å². The Labute approximate surface area is 186 Å². The number of sulfonamides is 1. The Morgan fingerprint density at radius 2 is 1.75 bits per heavy atom. The third kappa shape index (κ3) is 5.92. The number of rotatable bonds is 7. The van der Waals surface area contributed by atoms with E-state index in [1.165, 1.54) is 18.2 Å². The van der Waals surface area contributed by atoms with Crippen molar-refractivity contribution in [3.8, 4) is 0 Å². The molecule has 0 spiro atoms. The van der Waals surface area contributed by atoms with Crippen molar-refractivity contribution in [1.82, 2.24) is 9.97 Å². The van der Waals surface area contributed by atoms with Gasteiger partial charge in [-0.3, -0.25) is 4.72 Å². The first-order chi connectivity index (χ1) is 15.4. The minimum absolute atomic E-state index is 0.310. The van der Waals surface area contributed by atoms with Crippen LogP contribution in [-0.4, -0.2) is 44.7 Å². The minimum Gasteiger partial charge on any atom is -0.378 e. The molecule has 1 fully saturated rings. The lowest BCUT2D eigenvalue weighted by molar-refractivity contribution is 0.122. The fourth-order valence-electron chi connectivity index (χ4n) is 3.35. The second-order valence-corrected chi connectivity index (χ2v) is 9.21. The van der Waals surface area contributed by atoms with Crippen LogP contribution in [0.15, 0.2) is 54.6 Å². The Hall–Kier alpha value is -3.24. The third-order valence-electron chi connectivity index (χ3n) is 4.81. The molecule has 3 aromatic rings. The molecule has 10 heteroatoms. The molecule has 4 rings (SSSR count). The van der Waals surface area contributed by atoms with Crippen LogP contribution >= 0.6 is 0 Å². The summed E-state index contributed by atoms with van der Waals surface area (Å²) in [6.07, 6.45) is 0. The predicted molar refractivity (Wildman–Crippen MR) is 122 cm³/mol. The molecule has 2 N–H and O–H groups in total. The molecule has 168 valence electrons. The zero-order valence-electron chi connectivity index (χ0n) is 17.6. The lowest BCUT2D eigenvalue weighted by Crippen LogP contribution is -2.37. The van der Waals surface area contributed by atoms with Crippen LogP contribution in [0.5, 0.6) is 0 Å². The van der Waals surface area contributed by atoms with E-state index in [9.17, 15) is 12.8 Å². The molecule has 0 radical (unpaired) electrons. The standard InChI is InChI=1S/C22H24FN5O3S/c1-16-13-21(26-22(24-16)28-9-11-31-12-10-28)25-19-5-7-20(8-6-19)27-32(29,30)15-17-3-2-4-18(23)14-17/h2-8,13-14,27H,9-12,15H2,1H3,(H,24,25,26). The summed E-state index contributed by atoms with van der Waals surface area (Å²) in [6.45, 7) is 4.70.